The van der Waals surface area contributed by atoms with Crippen LogP contribution in [0.2, 0.25) is 0 Å². The van der Waals surface area contributed by atoms with Gasteiger partial charge in [-0.2, -0.15) is 0 Å². The molecule has 1 rings (SSSR count). The van der Waals surface area contributed by atoms with Gasteiger partial charge in [-0.25, -0.2) is 0 Å². The molecule has 0 aliphatic rings. The lowest BCUT2D eigenvalue weighted by atomic mass is 10.00. The maximum atomic E-state index is 10.9. The molecule has 0 unspecified atom stereocenters. The van der Waals surface area contributed by atoms with Crippen LogP contribution in [0, 0.1) is 0 Å². The fourth-order valence-electron chi connectivity index (χ4n) is 1.41. The van der Waals surface area contributed by atoms with Gasteiger partial charge in [0.25, 0.3) is 0 Å². The number of Topliss-reactive ketones (excluding diaryl/α,β-unsaturated/α-hetero) is 1. The Labute approximate surface area is 78.2 Å². The van der Waals surface area contributed by atoms with Gasteiger partial charge in [0, 0.05) is 12.0 Å². The smallest absolute Gasteiger partial charge is 0.134 e. The van der Waals surface area contributed by atoms with E-state index >= 15 is 0 Å². The van der Waals surface area contributed by atoms with Crippen molar-refractivity contribution >= 4 is 5.78 Å². The van der Waals surface area contributed by atoms with Gasteiger partial charge in [0.15, 0.2) is 0 Å². The standard InChI is InChI=1S/C11H14O2/c1-3-9-5-4-6-11(13)10(9)7-8(2)12/h4-6,13H,3,7H2,1-2H3. The molecule has 0 spiro atoms. The molecule has 0 atom stereocenters. The summed E-state index contributed by atoms with van der Waals surface area (Å²) in [5, 5.41) is 9.52. The van der Waals surface area contributed by atoms with Crippen LogP contribution in [0.25, 0.3) is 0 Å². The number of rotatable bonds is 3. The van der Waals surface area contributed by atoms with Crippen LogP contribution < -0.4 is 0 Å². The monoisotopic (exact) mass is 178 g/mol. The molecule has 0 radical (unpaired) electrons. The molecule has 13 heavy (non-hydrogen) atoms. The van der Waals surface area contributed by atoms with Crippen molar-refractivity contribution in [2.24, 2.45) is 0 Å². The molecule has 0 fully saturated rings. The van der Waals surface area contributed by atoms with Crippen molar-refractivity contribution in [3.63, 3.8) is 0 Å². The van der Waals surface area contributed by atoms with E-state index in [4.69, 9.17) is 0 Å². The SMILES string of the molecule is CCc1cccc(O)c1CC(C)=O. The van der Waals surface area contributed by atoms with Gasteiger partial charge in [-0.1, -0.05) is 19.1 Å². The number of ketones is 1. The van der Waals surface area contributed by atoms with E-state index in [1.54, 1.807) is 12.1 Å². The molecular weight excluding hydrogens is 164 g/mol. The van der Waals surface area contributed by atoms with Gasteiger partial charge in [0.05, 0.1) is 0 Å². The summed E-state index contributed by atoms with van der Waals surface area (Å²) in [5.74, 6) is 0.311. The molecule has 0 bridgehead atoms. The van der Waals surface area contributed by atoms with E-state index in [2.05, 4.69) is 0 Å². The first-order chi connectivity index (χ1) is 6.15. The molecule has 0 saturated carbocycles. The fourth-order valence-corrected chi connectivity index (χ4v) is 1.41. The normalized spacial score (nSPS) is 10.0. The van der Waals surface area contributed by atoms with Crippen LogP contribution in [-0.2, 0) is 17.6 Å². The second kappa shape index (κ2) is 4.08. The highest BCUT2D eigenvalue weighted by atomic mass is 16.3. The fraction of sp³-hybridized carbons (Fsp3) is 0.364. The summed E-state index contributed by atoms with van der Waals surface area (Å²) in [5.41, 5.74) is 1.83. The summed E-state index contributed by atoms with van der Waals surface area (Å²) < 4.78 is 0. The predicted molar refractivity (Wildman–Crippen MR) is 51.9 cm³/mol. The quantitative estimate of drug-likeness (QED) is 0.769. The van der Waals surface area contributed by atoms with E-state index in [1.165, 1.54) is 6.92 Å². The third kappa shape index (κ3) is 2.31. The van der Waals surface area contributed by atoms with Crippen molar-refractivity contribution in [1.29, 1.82) is 0 Å². The molecule has 2 heteroatoms. The average molecular weight is 178 g/mol. The topological polar surface area (TPSA) is 37.3 Å². The zero-order valence-corrected chi connectivity index (χ0v) is 8.00. The Hall–Kier alpha value is -1.31. The van der Waals surface area contributed by atoms with Gasteiger partial charge < -0.3 is 5.11 Å². The molecule has 1 N–H and O–H groups in total. The van der Waals surface area contributed by atoms with Gasteiger partial charge in [-0.15, -0.1) is 0 Å². The summed E-state index contributed by atoms with van der Waals surface area (Å²) >= 11 is 0. The Balaban J connectivity index is 3.07. The van der Waals surface area contributed by atoms with Crippen molar-refractivity contribution in [1.82, 2.24) is 0 Å². The number of carbonyl (C=O) groups is 1. The molecule has 70 valence electrons. The highest BCUT2D eigenvalue weighted by Gasteiger charge is 2.07. The number of carbonyl (C=O) groups excluding carboxylic acids is 1. The van der Waals surface area contributed by atoms with Crippen LogP contribution in [0.15, 0.2) is 18.2 Å². The van der Waals surface area contributed by atoms with Crippen LogP contribution in [-0.4, -0.2) is 10.9 Å². The lowest BCUT2D eigenvalue weighted by molar-refractivity contribution is -0.116. The zero-order chi connectivity index (χ0) is 9.84. The molecule has 1 aromatic carbocycles. The minimum Gasteiger partial charge on any atom is -0.508 e. The average Bonchev–Trinajstić information content (AvgIpc) is 2.08. The highest BCUT2D eigenvalue weighted by Crippen LogP contribution is 2.22. The molecule has 0 amide bonds. The maximum absolute atomic E-state index is 10.9. The van der Waals surface area contributed by atoms with E-state index in [0.29, 0.717) is 6.42 Å². The molecule has 0 aromatic heterocycles. The summed E-state index contributed by atoms with van der Waals surface area (Å²) in [6.07, 6.45) is 1.17. The van der Waals surface area contributed by atoms with Gasteiger partial charge in [0.1, 0.15) is 11.5 Å². The minimum absolute atomic E-state index is 0.0798. The number of aromatic hydroxyl groups is 1. The molecule has 0 aliphatic heterocycles. The van der Waals surface area contributed by atoms with Crippen molar-refractivity contribution in [3.05, 3.63) is 29.3 Å². The molecule has 2 nitrogen and oxygen atoms in total. The van der Waals surface area contributed by atoms with Crippen molar-refractivity contribution in [3.8, 4) is 5.75 Å². The molecule has 0 aliphatic carbocycles. The number of hydrogen-bond acceptors (Lipinski definition) is 2. The largest absolute Gasteiger partial charge is 0.508 e. The van der Waals surface area contributed by atoms with Gasteiger partial charge >= 0.3 is 0 Å². The Kier molecular flexibility index (Phi) is 3.07. The van der Waals surface area contributed by atoms with E-state index in [-0.39, 0.29) is 11.5 Å². The van der Waals surface area contributed by atoms with Crippen molar-refractivity contribution in [2.75, 3.05) is 0 Å². The van der Waals surface area contributed by atoms with Crippen LogP contribution in [0.1, 0.15) is 25.0 Å². The lowest BCUT2D eigenvalue weighted by Crippen LogP contribution is -2.00. The van der Waals surface area contributed by atoms with Gasteiger partial charge in [-0.05, 0) is 25.0 Å². The third-order valence-electron chi connectivity index (χ3n) is 2.05. The molecule has 1 aromatic rings. The lowest BCUT2D eigenvalue weighted by Gasteiger charge is -2.07. The summed E-state index contributed by atoms with van der Waals surface area (Å²) in [6, 6.07) is 5.37. The van der Waals surface area contributed by atoms with Gasteiger partial charge in [-0.3, -0.25) is 4.79 Å². The minimum atomic E-state index is 0.0798. The van der Waals surface area contributed by atoms with Crippen molar-refractivity contribution < 1.29 is 9.90 Å². The molecule has 0 heterocycles. The number of aryl methyl sites for hydroxylation is 1. The van der Waals surface area contributed by atoms with E-state index in [1.807, 2.05) is 13.0 Å². The van der Waals surface area contributed by atoms with Crippen LogP contribution in [0.4, 0.5) is 0 Å². The summed E-state index contributed by atoms with van der Waals surface area (Å²) in [6.45, 7) is 3.55. The summed E-state index contributed by atoms with van der Waals surface area (Å²) in [7, 11) is 0. The second-order valence-corrected chi connectivity index (χ2v) is 3.15. The van der Waals surface area contributed by atoms with E-state index in [9.17, 15) is 9.90 Å². The third-order valence-corrected chi connectivity index (χ3v) is 2.05. The Bertz CT molecular complexity index is 316. The van der Waals surface area contributed by atoms with Gasteiger partial charge in [0.2, 0.25) is 0 Å². The van der Waals surface area contributed by atoms with Crippen LogP contribution in [0.3, 0.4) is 0 Å². The van der Waals surface area contributed by atoms with Crippen molar-refractivity contribution in [2.45, 2.75) is 26.7 Å². The number of hydrogen-bond donors (Lipinski definition) is 1. The Morgan fingerprint density at radius 2 is 2.15 bits per heavy atom. The zero-order valence-electron chi connectivity index (χ0n) is 8.00. The van der Waals surface area contributed by atoms with E-state index in [0.717, 1.165) is 17.5 Å². The number of benzene rings is 1. The number of phenols is 1. The molecule has 0 saturated heterocycles. The Morgan fingerprint density at radius 3 is 2.69 bits per heavy atom. The Morgan fingerprint density at radius 1 is 1.46 bits per heavy atom. The highest BCUT2D eigenvalue weighted by molar-refractivity contribution is 5.79. The predicted octanol–water partition coefficient (Wildman–Crippen LogP) is 2.09. The van der Waals surface area contributed by atoms with Crippen LogP contribution in [0.5, 0.6) is 5.75 Å². The van der Waals surface area contributed by atoms with Crippen LogP contribution >= 0.6 is 0 Å². The first-order valence-electron chi connectivity index (χ1n) is 4.44. The maximum Gasteiger partial charge on any atom is 0.134 e. The molecular formula is C11H14O2. The first-order valence-corrected chi connectivity index (χ1v) is 4.44. The summed E-state index contributed by atoms with van der Waals surface area (Å²) in [4.78, 5) is 10.9. The number of phenolic OH excluding ortho intramolecular Hbond substituents is 1. The first kappa shape index (κ1) is 9.78. The second-order valence-electron chi connectivity index (χ2n) is 3.15. The van der Waals surface area contributed by atoms with E-state index < -0.39 is 0 Å².